The van der Waals surface area contributed by atoms with E-state index >= 15 is 0 Å². The number of nitriles is 1. The third-order valence-corrected chi connectivity index (χ3v) is 1.17. The van der Waals surface area contributed by atoms with E-state index in [1.54, 1.807) is 0 Å². The molecule has 0 bridgehead atoms. The molecule has 0 aromatic carbocycles. The molecule has 6 heteroatoms. The van der Waals surface area contributed by atoms with E-state index < -0.39 is 30.4 Å². The van der Waals surface area contributed by atoms with Crippen LogP contribution in [-0.4, -0.2) is 33.4 Å². The van der Waals surface area contributed by atoms with E-state index in [2.05, 4.69) is 0 Å². The molecule has 12 heavy (non-hydrogen) atoms. The molecule has 0 saturated carbocycles. The highest BCUT2D eigenvalue weighted by molar-refractivity contribution is 5.75. The Morgan fingerprint density at radius 3 is 2.17 bits per heavy atom. The van der Waals surface area contributed by atoms with Crippen molar-refractivity contribution in [2.45, 2.75) is 12.5 Å². The number of carboxylic acid groups (broad SMARTS) is 2. The third kappa shape index (κ3) is 2.98. The fraction of sp³-hybridized carbons (Fsp3) is 0.500. The Morgan fingerprint density at radius 2 is 1.92 bits per heavy atom. The lowest BCUT2D eigenvalue weighted by atomic mass is 10.0. The van der Waals surface area contributed by atoms with Gasteiger partial charge in [-0.05, 0) is 0 Å². The minimum absolute atomic E-state index is 0.746. The summed E-state index contributed by atoms with van der Waals surface area (Å²) in [6, 6.07) is 1.29. The Labute approximate surface area is 67.7 Å². The summed E-state index contributed by atoms with van der Waals surface area (Å²) in [5.74, 6) is -4.55. The molecule has 0 aliphatic carbocycles. The summed E-state index contributed by atoms with van der Waals surface area (Å²) in [4.78, 5) is 20.2. The van der Waals surface area contributed by atoms with E-state index in [9.17, 15) is 9.59 Å². The summed E-state index contributed by atoms with van der Waals surface area (Å²) in [5.41, 5.74) is 0. The van der Waals surface area contributed by atoms with Crippen LogP contribution in [0.4, 0.5) is 0 Å². The standard InChI is InChI=1S/C6H7NO5/c7-2-3(6(11)12)4(8)1-5(9)10/h3-4,8H,1H2,(H,9,10)(H,11,12). The fourth-order valence-corrected chi connectivity index (χ4v) is 0.603. The largest absolute Gasteiger partial charge is 0.481 e. The molecule has 2 atom stereocenters. The smallest absolute Gasteiger partial charge is 0.323 e. The lowest BCUT2D eigenvalue weighted by Gasteiger charge is -2.08. The zero-order valence-electron chi connectivity index (χ0n) is 5.97. The Hall–Kier alpha value is -1.61. The van der Waals surface area contributed by atoms with Gasteiger partial charge in [-0.2, -0.15) is 5.26 Å². The van der Waals surface area contributed by atoms with Gasteiger partial charge in [0, 0.05) is 0 Å². The quantitative estimate of drug-likeness (QED) is 0.504. The Kier molecular flexibility index (Phi) is 3.73. The molecule has 0 rings (SSSR count). The van der Waals surface area contributed by atoms with Crippen LogP contribution in [0.2, 0.25) is 0 Å². The van der Waals surface area contributed by atoms with Gasteiger partial charge in [-0.25, -0.2) is 0 Å². The molecule has 0 fully saturated rings. The van der Waals surface area contributed by atoms with Crippen LogP contribution in [0.3, 0.4) is 0 Å². The molecule has 2 unspecified atom stereocenters. The van der Waals surface area contributed by atoms with Crippen LogP contribution in [0, 0.1) is 17.2 Å². The Bertz CT molecular complexity index is 231. The molecule has 0 aromatic heterocycles. The second kappa shape index (κ2) is 4.31. The molecule has 0 heterocycles. The summed E-state index contributed by atoms with van der Waals surface area (Å²) < 4.78 is 0. The molecule has 0 aliphatic heterocycles. The van der Waals surface area contributed by atoms with Gasteiger partial charge in [0.2, 0.25) is 0 Å². The van der Waals surface area contributed by atoms with Crippen LogP contribution in [0.5, 0.6) is 0 Å². The van der Waals surface area contributed by atoms with Gasteiger partial charge in [-0.3, -0.25) is 9.59 Å². The van der Waals surface area contributed by atoms with E-state index in [0.29, 0.717) is 0 Å². The maximum atomic E-state index is 10.2. The number of carbonyl (C=O) groups is 2. The van der Waals surface area contributed by atoms with Crippen molar-refractivity contribution < 1.29 is 24.9 Å². The first-order chi connectivity index (χ1) is 5.49. The summed E-state index contributed by atoms with van der Waals surface area (Å²) >= 11 is 0. The number of aliphatic hydroxyl groups excluding tert-OH is 1. The first-order valence-electron chi connectivity index (χ1n) is 3.01. The number of nitrogens with zero attached hydrogens (tertiary/aromatic N) is 1. The fourth-order valence-electron chi connectivity index (χ4n) is 0.603. The summed E-state index contributed by atoms with van der Waals surface area (Å²) in [6.07, 6.45) is -2.41. The van der Waals surface area contributed by atoms with Gasteiger partial charge >= 0.3 is 11.9 Å². The van der Waals surface area contributed by atoms with Crippen molar-refractivity contribution in [3.63, 3.8) is 0 Å². The summed E-state index contributed by atoms with van der Waals surface area (Å²) in [5, 5.41) is 33.5. The Balaban J connectivity index is 4.24. The van der Waals surface area contributed by atoms with Gasteiger partial charge in [-0.15, -0.1) is 0 Å². The number of aliphatic hydroxyl groups is 1. The first-order valence-corrected chi connectivity index (χ1v) is 3.01. The van der Waals surface area contributed by atoms with E-state index in [1.807, 2.05) is 0 Å². The van der Waals surface area contributed by atoms with E-state index in [0.717, 1.165) is 0 Å². The zero-order valence-corrected chi connectivity index (χ0v) is 5.97. The van der Waals surface area contributed by atoms with E-state index in [1.165, 1.54) is 6.07 Å². The first kappa shape index (κ1) is 10.4. The van der Waals surface area contributed by atoms with E-state index in [4.69, 9.17) is 20.6 Å². The molecule has 0 saturated heterocycles. The average Bonchev–Trinajstić information content (AvgIpc) is 1.85. The molecule has 0 spiro atoms. The van der Waals surface area contributed by atoms with Crippen LogP contribution in [0.1, 0.15) is 6.42 Å². The topological polar surface area (TPSA) is 119 Å². The monoisotopic (exact) mass is 173 g/mol. The number of rotatable bonds is 4. The molecule has 6 nitrogen and oxygen atoms in total. The highest BCUT2D eigenvalue weighted by atomic mass is 16.4. The SMILES string of the molecule is N#CC(C(=O)O)C(O)CC(=O)O. The zero-order chi connectivity index (χ0) is 9.72. The van der Waals surface area contributed by atoms with E-state index in [-0.39, 0.29) is 0 Å². The lowest BCUT2D eigenvalue weighted by molar-refractivity contribution is -0.145. The van der Waals surface area contributed by atoms with Crippen molar-refractivity contribution in [1.82, 2.24) is 0 Å². The van der Waals surface area contributed by atoms with Crippen molar-refractivity contribution in [2.75, 3.05) is 0 Å². The highest BCUT2D eigenvalue weighted by Gasteiger charge is 2.27. The van der Waals surface area contributed by atoms with Gasteiger partial charge in [0.15, 0.2) is 5.92 Å². The predicted molar refractivity (Wildman–Crippen MR) is 35.0 cm³/mol. The van der Waals surface area contributed by atoms with Crippen LogP contribution < -0.4 is 0 Å². The maximum absolute atomic E-state index is 10.2. The number of hydrogen-bond donors (Lipinski definition) is 3. The summed E-state index contributed by atoms with van der Waals surface area (Å²) in [7, 11) is 0. The molecule has 0 radical (unpaired) electrons. The maximum Gasteiger partial charge on any atom is 0.323 e. The molecular formula is C6H7NO5. The molecule has 3 N–H and O–H groups in total. The average molecular weight is 173 g/mol. The molecule has 0 amide bonds. The number of hydrogen-bond acceptors (Lipinski definition) is 4. The second-order valence-electron chi connectivity index (χ2n) is 2.11. The van der Waals surface area contributed by atoms with Crippen LogP contribution >= 0.6 is 0 Å². The van der Waals surface area contributed by atoms with Crippen molar-refractivity contribution in [3.05, 3.63) is 0 Å². The molecular weight excluding hydrogens is 166 g/mol. The van der Waals surface area contributed by atoms with Gasteiger partial charge in [0.1, 0.15) is 0 Å². The van der Waals surface area contributed by atoms with Gasteiger partial charge in [0.05, 0.1) is 18.6 Å². The molecule has 66 valence electrons. The van der Waals surface area contributed by atoms with Gasteiger partial charge in [-0.1, -0.05) is 0 Å². The molecule has 0 aliphatic rings. The highest BCUT2D eigenvalue weighted by Crippen LogP contribution is 2.06. The van der Waals surface area contributed by atoms with Crippen molar-refractivity contribution in [1.29, 1.82) is 5.26 Å². The van der Waals surface area contributed by atoms with Crippen LogP contribution in [-0.2, 0) is 9.59 Å². The van der Waals surface area contributed by atoms with Crippen LogP contribution in [0.15, 0.2) is 0 Å². The Morgan fingerprint density at radius 1 is 1.42 bits per heavy atom. The van der Waals surface area contributed by atoms with Gasteiger partial charge < -0.3 is 15.3 Å². The van der Waals surface area contributed by atoms with Crippen molar-refractivity contribution in [3.8, 4) is 6.07 Å². The number of aliphatic carboxylic acids is 2. The third-order valence-electron chi connectivity index (χ3n) is 1.17. The van der Waals surface area contributed by atoms with Crippen LogP contribution in [0.25, 0.3) is 0 Å². The second-order valence-corrected chi connectivity index (χ2v) is 2.11. The predicted octanol–water partition coefficient (Wildman–Crippen LogP) is -0.954. The van der Waals surface area contributed by atoms with Crippen molar-refractivity contribution in [2.24, 2.45) is 5.92 Å². The summed E-state index contributed by atoms with van der Waals surface area (Å²) in [6.45, 7) is 0. The lowest BCUT2D eigenvalue weighted by Crippen LogP contribution is -2.28. The minimum Gasteiger partial charge on any atom is -0.481 e. The molecule has 0 aromatic rings. The minimum atomic E-state index is -1.68. The van der Waals surface area contributed by atoms with Gasteiger partial charge in [0.25, 0.3) is 0 Å². The number of carboxylic acids is 2. The normalized spacial score (nSPS) is 14.3. The van der Waals surface area contributed by atoms with Crippen molar-refractivity contribution >= 4 is 11.9 Å².